The molecule has 136 valence electrons. The van der Waals surface area contributed by atoms with Gasteiger partial charge in [-0.25, -0.2) is 4.68 Å². The number of benzene rings is 1. The highest BCUT2D eigenvalue weighted by atomic mass is 16.3. The fraction of sp³-hybridized carbons (Fsp3) is 0.444. The van der Waals surface area contributed by atoms with Gasteiger partial charge in [-0.3, -0.25) is 0 Å². The van der Waals surface area contributed by atoms with Crippen molar-refractivity contribution in [2.24, 2.45) is 0 Å². The maximum atomic E-state index is 9.68. The van der Waals surface area contributed by atoms with Crippen LogP contribution in [0.3, 0.4) is 0 Å². The van der Waals surface area contributed by atoms with Gasteiger partial charge in [0.05, 0.1) is 18.7 Å². The number of aromatic nitrogens is 5. The summed E-state index contributed by atoms with van der Waals surface area (Å²) in [6.07, 6.45) is 1.97. The molecule has 0 aliphatic carbocycles. The summed E-state index contributed by atoms with van der Waals surface area (Å²) in [5, 5.41) is 21.6. The zero-order chi connectivity index (χ0) is 18.1. The Morgan fingerprint density at radius 3 is 2.77 bits per heavy atom. The highest BCUT2D eigenvalue weighted by Gasteiger charge is 2.28. The van der Waals surface area contributed by atoms with E-state index in [9.17, 15) is 5.11 Å². The normalized spacial score (nSPS) is 17.4. The smallest absolute Gasteiger partial charge is 0.229 e. The summed E-state index contributed by atoms with van der Waals surface area (Å²) in [6, 6.07) is 10.1. The molecule has 0 unspecified atom stereocenters. The van der Waals surface area contributed by atoms with Crippen LogP contribution in [-0.2, 0) is 0 Å². The SMILES string of the molecule is CC(C)n1nnc2c(Nc3ccccc3)nc(N3CCC[C@@H]3CO)nc21. The van der Waals surface area contributed by atoms with Crippen molar-refractivity contribution in [1.29, 1.82) is 0 Å². The molecule has 0 amide bonds. The first-order valence-electron chi connectivity index (χ1n) is 9.00. The molecule has 0 radical (unpaired) electrons. The van der Waals surface area contributed by atoms with E-state index in [1.807, 2.05) is 44.2 Å². The van der Waals surface area contributed by atoms with E-state index in [-0.39, 0.29) is 18.7 Å². The first-order valence-corrected chi connectivity index (χ1v) is 9.00. The second-order valence-corrected chi connectivity index (χ2v) is 6.84. The number of nitrogens with one attached hydrogen (secondary N) is 1. The maximum Gasteiger partial charge on any atom is 0.229 e. The van der Waals surface area contributed by atoms with Crippen LogP contribution in [0.5, 0.6) is 0 Å². The fourth-order valence-electron chi connectivity index (χ4n) is 3.33. The van der Waals surface area contributed by atoms with Crippen LogP contribution in [0.15, 0.2) is 30.3 Å². The summed E-state index contributed by atoms with van der Waals surface area (Å²) in [5.74, 6) is 1.24. The summed E-state index contributed by atoms with van der Waals surface area (Å²) < 4.78 is 1.81. The largest absolute Gasteiger partial charge is 0.394 e. The number of para-hydroxylation sites is 1. The quantitative estimate of drug-likeness (QED) is 0.728. The molecule has 1 fully saturated rings. The molecule has 2 aromatic heterocycles. The molecule has 8 heteroatoms. The Kier molecular flexibility index (Phi) is 4.42. The molecule has 3 aromatic rings. The highest BCUT2D eigenvalue weighted by molar-refractivity contribution is 5.86. The second-order valence-electron chi connectivity index (χ2n) is 6.84. The predicted molar refractivity (Wildman–Crippen MR) is 101 cm³/mol. The van der Waals surface area contributed by atoms with Crippen molar-refractivity contribution < 1.29 is 5.11 Å². The number of fused-ring (bicyclic) bond motifs is 1. The molecule has 26 heavy (non-hydrogen) atoms. The minimum Gasteiger partial charge on any atom is -0.394 e. The van der Waals surface area contributed by atoms with Crippen molar-refractivity contribution in [3.05, 3.63) is 30.3 Å². The van der Waals surface area contributed by atoms with Gasteiger partial charge in [0.1, 0.15) is 0 Å². The fourth-order valence-corrected chi connectivity index (χ4v) is 3.33. The molecule has 1 saturated heterocycles. The summed E-state index contributed by atoms with van der Waals surface area (Å²) in [7, 11) is 0. The Labute approximate surface area is 151 Å². The Balaban J connectivity index is 1.83. The molecule has 1 aliphatic rings. The van der Waals surface area contributed by atoms with E-state index in [2.05, 4.69) is 20.5 Å². The molecular weight excluding hydrogens is 330 g/mol. The lowest BCUT2D eigenvalue weighted by Gasteiger charge is -2.23. The summed E-state index contributed by atoms with van der Waals surface area (Å²) in [6.45, 7) is 5.04. The third-order valence-corrected chi connectivity index (χ3v) is 4.68. The van der Waals surface area contributed by atoms with Crippen molar-refractivity contribution in [2.75, 3.05) is 23.4 Å². The molecule has 4 rings (SSSR count). The number of aliphatic hydroxyl groups excluding tert-OH is 1. The van der Waals surface area contributed by atoms with Crippen LogP contribution in [0.2, 0.25) is 0 Å². The minimum absolute atomic E-state index is 0.0559. The van der Waals surface area contributed by atoms with Crippen molar-refractivity contribution >= 4 is 28.6 Å². The average Bonchev–Trinajstić information content (AvgIpc) is 3.29. The summed E-state index contributed by atoms with van der Waals surface area (Å²) >= 11 is 0. The van der Waals surface area contributed by atoms with Crippen LogP contribution in [0.4, 0.5) is 17.5 Å². The summed E-state index contributed by atoms with van der Waals surface area (Å²) in [5.41, 5.74) is 2.27. The third kappa shape index (κ3) is 2.96. The Bertz CT molecular complexity index is 893. The van der Waals surface area contributed by atoms with Gasteiger partial charge >= 0.3 is 0 Å². The first-order chi connectivity index (χ1) is 12.7. The van der Waals surface area contributed by atoms with E-state index in [4.69, 9.17) is 9.97 Å². The number of hydrogen-bond donors (Lipinski definition) is 2. The molecular formula is C18H23N7O. The van der Waals surface area contributed by atoms with Gasteiger partial charge in [-0.15, -0.1) is 5.10 Å². The Morgan fingerprint density at radius 2 is 2.04 bits per heavy atom. The molecule has 0 spiro atoms. The van der Waals surface area contributed by atoms with Gasteiger partial charge in [-0.05, 0) is 38.8 Å². The van der Waals surface area contributed by atoms with Crippen molar-refractivity contribution in [3.63, 3.8) is 0 Å². The van der Waals surface area contributed by atoms with Crippen molar-refractivity contribution in [1.82, 2.24) is 25.0 Å². The molecule has 1 aliphatic heterocycles. The lowest BCUT2D eigenvalue weighted by atomic mass is 10.2. The lowest BCUT2D eigenvalue weighted by molar-refractivity contribution is 0.265. The van der Waals surface area contributed by atoms with Crippen LogP contribution < -0.4 is 10.2 Å². The van der Waals surface area contributed by atoms with Crippen LogP contribution >= 0.6 is 0 Å². The number of hydrogen-bond acceptors (Lipinski definition) is 7. The van der Waals surface area contributed by atoms with Crippen LogP contribution in [0, 0.1) is 0 Å². The average molecular weight is 353 g/mol. The van der Waals surface area contributed by atoms with Crippen molar-refractivity contribution in [3.8, 4) is 0 Å². The highest BCUT2D eigenvalue weighted by Crippen LogP contribution is 2.29. The zero-order valence-corrected chi connectivity index (χ0v) is 15.0. The third-order valence-electron chi connectivity index (χ3n) is 4.68. The number of anilines is 3. The van der Waals surface area contributed by atoms with Gasteiger partial charge in [0.15, 0.2) is 17.0 Å². The molecule has 8 nitrogen and oxygen atoms in total. The van der Waals surface area contributed by atoms with Gasteiger partial charge < -0.3 is 15.3 Å². The van der Waals surface area contributed by atoms with E-state index >= 15 is 0 Å². The van der Waals surface area contributed by atoms with E-state index < -0.39 is 0 Å². The van der Waals surface area contributed by atoms with E-state index in [1.165, 1.54) is 0 Å². The van der Waals surface area contributed by atoms with E-state index in [1.54, 1.807) is 4.68 Å². The van der Waals surface area contributed by atoms with E-state index in [0.29, 0.717) is 22.9 Å². The second kappa shape index (κ2) is 6.87. The Hall–Kier alpha value is -2.74. The van der Waals surface area contributed by atoms with Gasteiger partial charge in [0.25, 0.3) is 0 Å². The standard InChI is InChI=1S/C18H23N7O/c1-12(2)25-17-15(22-23-25)16(19-13-7-4-3-5-8-13)20-18(21-17)24-10-6-9-14(24)11-26/h3-5,7-8,12,14,26H,6,9-11H2,1-2H3,(H,19,20,21)/t14-/m1/s1. The van der Waals surface area contributed by atoms with E-state index in [0.717, 1.165) is 25.1 Å². The molecule has 3 heterocycles. The van der Waals surface area contributed by atoms with Gasteiger partial charge in [-0.2, -0.15) is 9.97 Å². The maximum absolute atomic E-state index is 9.68. The monoisotopic (exact) mass is 353 g/mol. The first kappa shape index (κ1) is 16.7. The Morgan fingerprint density at radius 1 is 1.23 bits per heavy atom. The van der Waals surface area contributed by atoms with Crippen LogP contribution in [0.1, 0.15) is 32.7 Å². The topological polar surface area (TPSA) is 92.0 Å². The van der Waals surface area contributed by atoms with Gasteiger partial charge in [-0.1, -0.05) is 23.4 Å². The van der Waals surface area contributed by atoms with Crippen LogP contribution in [-0.4, -0.2) is 49.3 Å². The number of rotatable bonds is 5. The van der Waals surface area contributed by atoms with Crippen molar-refractivity contribution in [2.45, 2.75) is 38.8 Å². The predicted octanol–water partition coefficient (Wildman–Crippen LogP) is 2.51. The number of aliphatic hydroxyl groups is 1. The zero-order valence-electron chi connectivity index (χ0n) is 15.0. The summed E-state index contributed by atoms with van der Waals surface area (Å²) in [4.78, 5) is 11.5. The number of nitrogens with zero attached hydrogens (tertiary/aromatic N) is 6. The molecule has 1 atom stereocenters. The minimum atomic E-state index is 0.0559. The van der Waals surface area contributed by atoms with Gasteiger partial charge in [0.2, 0.25) is 5.95 Å². The molecule has 1 aromatic carbocycles. The molecule has 0 bridgehead atoms. The van der Waals surface area contributed by atoms with Crippen LogP contribution in [0.25, 0.3) is 11.2 Å². The molecule has 0 saturated carbocycles. The molecule has 2 N–H and O–H groups in total. The van der Waals surface area contributed by atoms with Gasteiger partial charge in [0, 0.05) is 12.2 Å². The lowest BCUT2D eigenvalue weighted by Crippen LogP contribution is -2.33.